The van der Waals surface area contributed by atoms with Crippen molar-refractivity contribution in [1.29, 1.82) is 0 Å². The molecule has 1 N–H and O–H groups in total. The number of rotatable bonds is 3. The second-order valence-corrected chi connectivity index (χ2v) is 7.00. The zero-order valence-electron chi connectivity index (χ0n) is 13.9. The average Bonchev–Trinajstić information content (AvgIpc) is 2.55. The maximum atomic E-state index is 3.83. The van der Waals surface area contributed by atoms with Crippen molar-refractivity contribution in [3.05, 3.63) is 35.4 Å². The van der Waals surface area contributed by atoms with E-state index in [1.807, 2.05) is 0 Å². The van der Waals surface area contributed by atoms with Crippen LogP contribution in [0.15, 0.2) is 24.3 Å². The van der Waals surface area contributed by atoms with Gasteiger partial charge in [0.25, 0.3) is 0 Å². The van der Waals surface area contributed by atoms with Crippen LogP contribution in [0, 0.1) is 0 Å². The summed E-state index contributed by atoms with van der Waals surface area (Å²) in [5.74, 6) is 0. The smallest absolute Gasteiger partial charge is 0.0355 e. The molecule has 3 rings (SSSR count). The monoisotopic (exact) mass is 286 g/mol. The zero-order chi connectivity index (χ0) is 14.9. The Bertz CT molecular complexity index is 478. The molecule has 2 unspecified atom stereocenters. The van der Waals surface area contributed by atoms with E-state index in [1.54, 1.807) is 11.1 Å². The maximum Gasteiger partial charge on any atom is 0.0355 e. The fourth-order valence-corrected chi connectivity index (χ4v) is 4.26. The topological polar surface area (TPSA) is 15.3 Å². The molecular weight excluding hydrogens is 256 g/mol. The zero-order valence-corrected chi connectivity index (χ0v) is 13.9. The van der Waals surface area contributed by atoms with E-state index in [9.17, 15) is 0 Å². The Balaban J connectivity index is 1.89. The van der Waals surface area contributed by atoms with Gasteiger partial charge in [0, 0.05) is 30.7 Å². The van der Waals surface area contributed by atoms with Gasteiger partial charge in [-0.05, 0) is 50.2 Å². The fourth-order valence-electron chi connectivity index (χ4n) is 4.26. The quantitative estimate of drug-likeness (QED) is 0.906. The predicted octanol–water partition coefficient (Wildman–Crippen LogP) is 3.92. The molecule has 1 aliphatic heterocycles. The summed E-state index contributed by atoms with van der Waals surface area (Å²) in [5.41, 5.74) is 3.50. The molecule has 2 atom stereocenters. The number of nitrogens with one attached hydrogen (secondary N) is 1. The van der Waals surface area contributed by atoms with E-state index < -0.39 is 0 Å². The van der Waals surface area contributed by atoms with Gasteiger partial charge >= 0.3 is 0 Å². The van der Waals surface area contributed by atoms with Crippen LogP contribution >= 0.6 is 0 Å². The van der Waals surface area contributed by atoms with Crippen molar-refractivity contribution in [1.82, 2.24) is 10.2 Å². The van der Waals surface area contributed by atoms with Gasteiger partial charge < -0.3 is 5.32 Å². The minimum atomic E-state index is 0.318. The normalized spacial score (nSPS) is 29.1. The molecule has 1 aromatic rings. The van der Waals surface area contributed by atoms with Crippen molar-refractivity contribution in [2.24, 2.45) is 0 Å². The minimum absolute atomic E-state index is 0.318. The summed E-state index contributed by atoms with van der Waals surface area (Å²) < 4.78 is 0. The molecule has 0 saturated carbocycles. The molecule has 1 aliphatic carbocycles. The molecule has 0 bridgehead atoms. The molecule has 1 saturated heterocycles. The highest BCUT2D eigenvalue weighted by Gasteiger charge is 2.39. The largest absolute Gasteiger partial charge is 0.308 e. The Kier molecular flexibility index (Phi) is 4.37. The summed E-state index contributed by atoms with van der Waals surface area (Å²) in [6.45, 7) is 9.37. The van der Waals surface area contributed by atoms with Crippen LogP contribution in [-0.4, -0.2) is 29.6 Å². The van der Waals surface area contributed by atoms with Crippen molar-refractivity contribution >= 4 is 0 Å². The first-order valence-corrected chi connectivity index (χ1v) is 8.77. The molecule has 1 heterocycles. The average molecular weight is 286 g/mol. The van der Waals surface area contributed by atoms with Crippen LogP contribution in [0.1, 0.15) is 63.6 Å². The van der Waals surface area contributed by atoms with E-state index >= 15 is 0 Å². The highest BCUT2D eigenvalue weighted by Crippen LogP contribution is 2.38. The molecular formula is C19H30N2. The van der Waals surface area contributed by atoms with Crippen LogP contribution in [0.5, 0.6) is 0 Å². The van der Waals surface area contributed by atoms with E-state index in [4.69, 9.17) is 0 Å². The van der Waals surface area contributed by atoms with E-state index in [2.05, 4.69) is 55.3 Å². The van der Waals surface area contributed by atoms with Crippen molar-refractivity contribution in [2.45, 2.75) is 70.5 Å². The van der Waals surface area contributed by atoms with Crippen LogP contribution < -0.4 is 5.32 Å². The second kappa shape index (κ2) is 6.10. The molecule has 0 radical (unpaired) electrons. The number of hydrogen-bond acceptors (Lipinski definition) is 2. The minimum Gasteiger partial charge on any atom is -0.308 e. The first kappa shape index (κ1) is 15.1. The Hall–Kier alpha value is -0.860. The van der Waals surface area contributed by atoms with Crippen LogP contribution in [0.4, 0.5) is 0 Å². The lowest BCUT2D eigenvalue weighted by atomic mass is 9.82. The molecule has 21 heavy (non-hydrogen) atoms. The first-order chi connectivity index (χ1) is 10.2. The van der Waals surface area contributed by atoms with E-state index in [0.29, 0.717) is 17.6 Å². The van der Waals surface area contributed by atoms with Crippen LogP contribution in [0.25, 0.3) is 0 Å². The number of benzene rings is 1. The SMILES string of the molecule is CCC1(CC)CN(C2CCCc3ccccc32)C(C)CN1. The predicted molar refractivity (Wildman–Crippen MR) is 89.6 cm³/mol. The van der Waals surface area contributed by atoms with Gasteiger partial charge in [0.05, 0.1) is 0 Å². The standard InChI is InChI=1S/C19H30N2/c1-4-19(5-2)14-21(15(3)13-20-19)18-12-8-10-16-9-6-7-11-17(16)18/h6-7,9,11,15,18,20H,4-5,8,10,12-14H2,1-3H3. The summed E-state index contributed by atoms with van der Waals surface area (Å²) in [6.07, 6.45) is 6.37. The summed E-state index contributed by atoms with van der Waals surface area (Å²) in [6, 6.07) is 10.4. The van der Waals surface area contributed by atoms with Crippen LogP contribution in [-0.2, 0) is 6.42 Å². The third kappa shape index (κ3) is 2.76. The molecule has 2 aliphatic rings. The number of fused-ring (bicyclic) bond motifs is 1. The lowest BCUT2D eigenvalue weighted by Crippen LogP contribution is -2.63. The van der Waals surface area contributed by atoms with Gasteiger partial charge in [-0.3, -0.25) is 4.90 Å². The Morgan fingerprint density at radius 1 is 1.24 bits per heavy atom. The lowest BCUT2D eigenvalue weighted by molar-refractivity contribution is 0.0370. The van der Waals surface area contributed by atoms with Crippen molar-refractivity contribution < 1.29 is 0 Å². The summed E-state index contributed by atoms with van der Waals surface area (Å²) >= 11 is 0. The van der Waals surface area contributed by atoms with Crippen LogP contribution in [0.2, 0.25) is 0 Å². The van der Waals surface area contributed by atoms with Gasteiger partial charge in [0.1, 0.15) is 0 Å². The fraction of sp³-hybridized carbons (Fsp3) is 0.684. The molecule has 1 fully saturated rings. The Morgan fingerprint density at radius 2 is 2.00 bits per heavy atom. The van der Waals surface area contributed by atoms with Crippen molar-refractivity contribution in [3.8, 4) is 0 Å². The third-order valence-corrected chi connectivity index (χ3v) is 5.92. The summed E-state index contributed by atoms with van der Waals surface area (Å²) in [7, 11) is 0. The number of hydrogen-bond donors (Lipinski definition) is 1. The molecule has 116 valence electrons. The van der Waals surface area contributed by atoms with Crippen molar-refractivity contribution in [3.63, 3.8) is 0 Å². The number of nitrogens with zero attached hydrogens (tertiary/aromatic N) is 1. The van der Waals surface area contributed by atoms with E-state index in [0.717, 1.165) is 6.54 Å². The van der Waals surface area contributed by atoms with Gasteiger partial charge in [-0.25, -0.2) is 0 Å². The Labute approximate surface area is 129 Å². The maximum absolute atomic E-state index is 3.83. The first-order valence-electron chi connectivity index (χ1n) is 8.77. The molecule has 0 amide bonds. The third-order valence-electron chi connectivity index (χ3n) is 5.92. The molecule has 0 spiro atoms. The van der Waals surface area contributed by atoms with Gasteiger partial charge in [-0.1, -0.05) is 38.1 Å². The number of piperazine rings is 1. The summed E-state index contributed by atoms with van der Waals surface area (Å²) in [4.78, 5) is 2.79. The highest BCUT2D eigenvalue weighted by molar-refractivity contribution is 5.32. The van der Waals surface area contributed by atoms with Crippen LogP contribution in [0.3, 0.4) is 0 Å². The van der Waals surface area contributed by atoms with Crippen molar-refractivity contribution in [2.75, 3.05) is 13.1 Å². The molecule has 0 aromatic heterocycles. The molecule has 1 aromatic carbocycles. The Morgan fingerprint density at radius 3 is 2.76 bits per heavy atom. The van der Waals surface area contributed by atoms with Gasteiger partial charge in [0.15, 0.2) is 0 Å². The van der Waals surface area contributed by atoms with Gasteiger partial charge in [0.2, 0.25) is 0 Å². The lowest BCUT2D eigenvalue weighted by Gasteiger charge is -2.50. The second-order valence-electron chi connectivity index (χ2n) is 7.00. The molecule has 2 heteroatoms. The van der Waals surface area contributed by atoms with Gasteiger partial charge in [-0.15, -0.1) is 0 Å². The molecule has 2 nitrogen and oxygen atoms in total. The van der Waals surface area contributed by atoms with Gasteiger partial charge in [-0.2, -0.15) is 0 Å². The van der Waals surface area contributed by atoms with E-state index in [-0.39, 0.29) is 0 Å². The van der Waals surface area contributed by atoms with E-state index in [1.165, 1.54) is 38.6 Å². The summed E-state index contributed by atoms with van der Waals surface area (Å²) in [5, 5.41) is 3.83. The highest BCUT2D eigenvalue weighted by atomic mass is 15.3. The number of aryl methyl sites for hydroxylation is 1.